The fourth-order valence-corrected chi connectivity index (χ4v) is 1.79. The minimum atomic E-state index is -0.414. The van der Waals surface area contributed by atoms with Crippen molar-refractivity contribution in [2.45, 2.75) is 0 Å². The summed E-state index contributed by atoms with van der Waals surface area (Å²) in [5.74, 6) is 0.707. The van der Waals surface area contributed by atoms with Gasteiger partial charge in [-0.15, -0.1) is 0 Å². The Bertz CT molecular complexity index is 587. The third-order valence-corrected chi connectivity index (χ3v) is 2.85. The molecule has 0 amide bonds. The van der Waals surface area contributed by atoms with Crippen molar-refractivity contribution >= 4 is 23.0 Å². The first-order chi connectivity index (χ1) is 9.66. The van der Waals surface area contributed by atoms with Gasteiger partial charge in [0.1, 0.15) is 18.0 Å². The molecule has 0 unspecified atom stereocenters. The first kappa shape index (κ1) is 14.1. The summed E-state index contributed by atoms with van der Waals surface area (Å²) in [5, 5.41) is 14.5. The minimum absolute atomic E-state index is 0.0546. The van der Waals surface area contributed by atoms with E-state index in [9.17, 15) is 10.1 Å². The second kappa shape index (κ2) is 6.77. The third-order valence-electron chi connectivity index (χ3n) is 2.60. The zero-order chi connectivity index (χ0) is 14.4. The lowest BCUT2D eigenvalue weighted by Gasteiger charge is -2.08. The predicted octanol–water partition coefficient (Wildman–Crippen LogP) is 3.74. The van der Waals surface area contributed by atoms with Gasteiger partial charge in [-0.2, -0.15) is 0 Å². The van der Waals surface area contributed by atoms with E-state index in [1.165, 1.54) is 6.07 Å². The van der Waals surface area contributed by atoms with E-state index in [2.05, 4.69) is 5.32 Å². The Morgan fingerprint density at radius 1 is 1.15 bits per heavy atom. The number of nitrogens with one attached hydrogen (secondary N) is 1. The van der Waals surface area contributed by atoms with E-state index in [0.29, 0.717) is 29.6 Å². The van der Waals surface area contributed by atoms with Gasteiger partial charge in [-0.25, -0.2) is 0 Å². The highest BCUT2D eigenvalue weighted by Crippen LogP contribution is 2.22. The summed E-state index contributed by atoms with van der Waals surface area (Å²) < 4.78 is 5.49. The lowest BCUT2D eigenvalue weighted by Crippen LogP contribution is -2.12. The number of halogens is 1. The molecule has 0 bridgehead atoms. The van der Waals surface area contributed by atoms with Gasteiger partial charge in [0.25, 0.3) is 5.69 Å². The van der Waals surface area contributed by atoms with Crippen LogP contribution in [0.3, 0.4) is 0 Å². The number of hydrogen-bond donors (Lipinski definition) is 1. The molecule has 6 heteroatoms. The van der Waals surface area contributed by atoms with Crippen molar-refractivity contribution < 1.29 is 9.66 Å². The Kier molecular flexibility index (Phi) is 4.79. The molecule has 0 spiro atoms. The summed E-state index contributed by atoms with van der Waals surface area (Å²) in [6, 6.07) is 13.5. The van der Waals surface area contributed by atoms with Crippen LogP contribution >= 0.6 is 11.6 Å². The molecule has 0 aromatic heterocycles. The van der Waals surface area contributed by atoms with E-state index in [4.69, 9.17) is 16.3 Å². The fourth-order valence-electron chi connectivity index (χ4n) is 1.67. The molecule has 0 saturated heterocycles. The molecule has 2 aromatic carbocycles. The number of ether oxygens (including phenoxy) is 1. The highest BCUT2D eigenvalue weighted by molar-refractivity contribution is 6.30. The van der Waals surface area contributed by atoms with Crippen LogP contribution in [-0.2, 0) is 0 Å². The second-order valence-corrected chi connectivity index (χ2v) is 4.44. The molecule has 104 valence electrons. The van der Waals surface area contributed by atoms with Crippen molar-refractivity contribution in [1.29, 1.82) is 0 Å². The fraction of sp³-hybridized carbons (Fsp3) is 0.143. The molecule has 0 aliphatic heterocycles. The van der Waals surface area contributed by atoms with E-state index >= 15 is 0 Å². The van der Waals surface area contributed by atoms with Crippen LogP contribution in [0.25, 0.3) is 0 Å². The standard InChI is InChI=1S/C14H13ClN2O3/c15-11-5-7-12(8-6-11)20-10-9-16-13-3-1-2-4-14(13)17(18)19/h1-8,16H,9-10H2. The van der Waals surface area contributed by atoms with Crippen LogP contribution in [0, 0.1) is 10.1 Å². The first-order valence-corrected chi connectivity index (χ1v) is 6.40. The van der Waals surface area contributed by atoms with Gasteiger partial charge in [-0.3, -0.25) is 10.1 Å². The lowest BCUT2D eigenvalue weighted by molar-refractivity contribution is -0.384. The molecule has 0 atom stereocenters. The van der Waals surface area contributed by atoms with Crippen LogP contribution in [0.5, 0.6) is 5.75 Å². The summed E-state index contributed by atoms with van der Waals surface area (Å²) in [6.45, 7) is 0.862. The molecule has 0 heterocycles. The van der Waals surface area contributed by atoms with E-state index in [1.54, 1.807) is 42.5 Å². The lowest BCUT2D eigenvalue weighted by atomic mass is 10.2. The monoisotopic (exact) mass is 292 g/mol. The van der Waals surface area contributed by atoms with Crippen LogP contribution in [0.4, 0.5) is 11.4 Å². The second-order valence-electron chi connectivity index (χ2n) is 4.00. The molecular formula is C14H13ClN2O3. The summed E-state index contributed by atoms with van der Waals surface area (Å²) in [7, 11) is 0. The molecular weight excluding hydrogens is 280 g/mol. The summed E-state index contributed by atoms with van der Waals surface area (Å²) >= 11 is 5.77. The van der Waals surface area contributed by atoms with Crippen LogP contribution in [-0.4, -0.2) is 18.1 Å². The quantitative estimate of drug-likeness (QED) is 0.500. The first-order valence-electron chi connectivity index (χ1n) is 6.02. The molecule has 20 heavy (non-hydrogen) atoms. The molecule has 0 radical (unpaired) electrons. The third kappa shape index (κ3) is 3.86. The topological polar surface area (TPSA) is 64.4 Å². The van der Waals surface area contributed by atoms with Gasteiger partial charge < -0.3 is 10.1 Å². The zero-order valence-corrected chi connectivity index (χ0v) is 11.3. The van der Waals surface area contributed by atoms with Gasteiger partial charge in [0.15, 0.2) is 0 Å². The molecule has 0 fully saturated rings. The van der Waals surface area contributed by atoms with Gasteiger partial charge in [-0.1, -0.05) is 23.7 Å². The van der Waals surface area contributed by atoms with Crippen LogP contribution < -0.4 is 10.1 Å². The Hall–Kier alpha value is -2.27. The smallest absolute Gasteiger partial charge is 0.292 e. The Labute approximate surface area is 121 Å². The van der Waals surface area contributed by atoms with Gasteiger partial charge >= 0.3 is 0 Å². The largest absolute Gasteiger partial charge is 0.492 e. The van der Waals surface area contributed by atoms with Crippen LogP contribution in [0.1, 0.15) is 0 Å². The Balaban J connectivity index is 1.84. The maximum atomic E-state index is 10.8. The van der Waals surface area contributed by atoms with E-state index in [-0.39, 0.29) is 5.69 Å². The van der Waals surface area contributed by atoms with Crippen molar-refractivity contribution in [1.82, 2.24) is 0 Å². The van der Waals surface area contributed by atoms with E-state index in [0.717, 1.165) is 0 Å². The average molecular weight is 293 g/mol. The highest BCUT2D eigenvalue weighted by Gasteiger charge is 2.11. The SMILES string of the molecule is O=[N+]([O-])c1ccccc1NCCOc1ccc(Cl)cc1. The summed E-state index contributed by atoms with van der Waals surface area (Å²) in [4.78, 5) is 10.4. The van der Waals surface area contributed by atoms with Crippen LogP contribution in [0.2, 0.25) is 5.02 Å². The number of rotatable bonds is 6. The van der Waals surface area contributed by atoms with Crippen molar-refractivity contribution in [2.75, 3.05) is 18.5 Å². The molecule has 5 nitrogen and oxygen atoms in total. The van der Waals surface area contributed by atoms with Crippen molar-refractivity contribution in [3.05, 3.63) is 63.7 Å². The van der Waals surface area contributed by atoms with Crippen molar-refractivity contribution in [3.8, 4) is 5.75 Å². The van der Waals surface area contributed by atoms with Crippen molar-refractivity contribution in [3.63, 3.8) is 0 Å². The van der Waals surface area contributed by atoms with Gasteiger partial charge in [0.05, 0.1) is 4.92 Å². The summed E-state index contributed by atoms with van der Waals surface area (Å²) in [5.41, 5.74) is 0.538. The Morgan fingerprint density at radius 2 is 1.85 bits per heavy atom. The predicted molar refractivity (Wildman–Crippen MR) is 78.5 cm³/mol. The molecule has 2 rings (SSSR count). The van der Waals surface area contributed by atoms with Gasteiger partial charge in [-0.05, 0) is 30.3 Å². The molecule has 1 N–H and O–H groups in total. The molecule has 0 aliphatic carbocycles. The van der Waals surface area contributed by atoms with Crippen LogP contribution in [0.15, 0.2) is 48.5 Å². The number of benzene rings is 2. The number of para-hydroxylation sites is 2. The minimum Gasteiger partial charge on any atom is -0.492 e. The normalized spacial score (nSPS) is 10.1. The maximum Gasteiger partial charge on any atom is 0.292 e. The highest BCUT2D eigenvalue weighted by atomic mass is 35.5. The number of hydrogen-bond acceptors (Lipinski definition) is 4. The van der Waals surface area contributed by atoms with E-state index in [1.807, 2.05) is 0 Å². The Morgan fingerprint density at radius 3 is 2.55 bits per heavy atom. The van der Waals surface area contributed by atoms with Gasteiger partial charge in [0.2, 0.25) is 0 Å². The number of nitro benzene ring substituents is 1. The number of nitrogens with zero attached hydrogens (tertiary/aromatic N) is 1. The molecule has 0 saturated carbocycles. The summed E-state index contributed by atoms with van der Waals surface area (Å²) in [6.07, 6.45) is 0. The van der Waals surface area contributed by atoms with Crippen molar-refractivity contribution in [2.24, 2.45) is 0 Å². The number of nitro groups is 1. The zero-order valence-electron chi connectivity index (χ0n) is 10.6. The molecule has 0 aliphatic rings. The number of anilines is 1. The average Bonchev–Trinajstić information content (AvgIpc) is 2.46. The maximum absolute atomic E-state index is 10.8. The molecule has 2 aromatic rings. The van der Waals surface area contributed by atoms with E-state index < -0.39 is 4.92 Å². The van der Waals surface area contributed by atoms with Gasteiger partial charge in [0, 0.05) is 17.6 Å².